The van der Waals surface area contributed by atoms with Crippen molar-refractivity contribution in [3.63, 3.8) is 0 Å². The van der Waals surface area contributed by atoms with Crippen LogP contribution in [0.5, 0.6) is 0 Å². The first-order valence-electron chi connectivity index (χ1n) is 8.48. The molecule has 0 bridgehead atoms. The van der Waals surface area contributed by atoms with Crippen LogP contribution < -0.4 is 0 Å². The SMILES string of the molecule is Fc1ccc2cc3ccc4cc5ccccc5c5ccc(c2c1)c3c45. The van der Waals surface area contributed by atoms with Gasteiger partial charge in [0.15, 0.2) is 0 Å². The van der Waals surface area contributed by atoms with E-state index in [2.05, 4.69) is 60.7 Å². The lowest BCUT2D eigenvalue weighted by molar-refractivity contribution is 0.630. The molecule has 0 atom stereocenters. The van der Waals surface area contributed by atoms with Crippen molar-refractivity contribution in [1.29, 1.82) is 0 Å². The van der Waals surface area contributed by atoms with E-state index in [-0.39, 0.29) is 5.82 Å². The van der Waals surface area contributed by atoms with E-state index in [1.165, 1.54) is 43.8 Å². The molecule has 0 nitrogen and oxygen atoms in total. The molecule has 0 spiro atoms. The smallest absolute Gasteiger partial charge is 0.123 e. The molecule has 0 radical (unpaired) electrons. The van der Waals surface area contributed by atoms with Crippen molar-refractivity contribution in [1.82, 2.24) is 0 Å². The molecule has 6 aromatic rings. The summed E-state index contributed by atoms with van der Waals surface area (Å²) in [5.41, 5.74) is 0. The number of benzene rings is 6. The standard InChI is InChI=1S/C24H13F/c25-18-8-7-15-12-17-6-5-16-11-14-3-1-2-4-19(14)20-9-10-21(22(15)13-18)24(17)23(16)20/h1-13H. The van der Waals surface area contributed by atoms with Crippen LogP contribution in [0.2, 0.25) is 0 Å². The fourth-order valence-electron chi connectivity index (χ4n) is 4.33. The number of hydrogen-bond donors (Lipinski definition) is 0. The van der Waals surface area contributed by atoms with E-state index in [0.717, 1.165) is 16.2 Å². The Morgan fingerprint density at radius 3 is 1.80 bits per heavy atom. The van der Waals surface area contributed by atoms with Crippen LogP contribution in [0.1, 0.15) is 0 Å². The minimum atomic E-state index is -0.187. The molecule has 6 rings (SSSR count). The van der Waals surface area contributed by atoms with Gasteiger partial charge in [0.2, 0.25) is 0 Å². The summed E-state index contributed by atoms with van der Waals surface area (Å²) in [5.74, 6) is -0.187. The third-order valence-electron chi connectivity index (χ3n) is 5.40. The first-order valence-corrected chi connectivity index (χ1v) is 8.48. The van der Waals surface area contributed by atoms with Gasteiger partial charge in [-0.15, -0.1) is 0 Å². The van der Waals surface area contributed by atoms with Crippen LogP contribution in [0.3, 0.4) is 0 Å². The maximum Gasteiger partial charge on any atom is 0.123 e. The van der Waals surface area contributed by atoms with Gasteiger partial charge in [-0.1, -0.05) is 54.6 Å². The molecule has 0 heterocycles. The molecule has 6 aromatic carbocycles. The molecule has 0 aliphatic rings. The minimum Gasteiger partial charge on any atom is -0.207 e. The molecule has 116 valence electrons. The minimum absolute atomic E-state index is 0.187. The average Bonchev–Trinajstić information content (AvgIpc) is 2.65. The van der Waals surface area contributed by atoms with Gasteiger partial charge in [-0.25, -0.2) is 4.39 Å². The Hall–Kier alpha value is -3.19. The van der Waals surface area contributed by atoms with Gasteiger partial charge in [0.05, 0.1) is 0 Å². The summed E-state index contributed by atoms with van der Waals surface area (Å²) in [4.78, 5) is 0. The summed E-state index contributed by atoms with van der Waals surface area (Å²) in [6, 6.07) is 26.7. The Kier molecular flexibility index (Phi) is 2.34. The van der Waals surface area contributed by atoms with Crippen molar-refractivity contribution in [3.05, 3.63) is 84.7 Å². The Morgan fingerprint density at radius 2 is 1.04 bits per heavy atom. The average molecular weight is 320 g/mol. The summed E-state index contributed by atoms with van der Waals surface area (Å²) in [6.07, 6.45) is 0. The molecule has 0 aliphatic heterocycles. The van der Waals surface area contributed by atoms with E-state index in [1.807, 2.05) is 6.07 Å². The molecule has 0 amide bonds. The number of hydrogen-bond acceptors (Lipinski definition) is 0. The van der Waals surface area contributed by atoms with Gasteiger partial charge in [-0.05, 0) is 78.1 Å². The quantitative estimate of drug-likeness (QED) is 0.208. The van der Waals surface area contributed by atoms with Crippen molar-refractivity contribution in [2.75, 3.05) is 0 Å². The van der Waals surface area contributed by atoms with Crippen LogP contribution in [0.4, 0.5) is 4.39 Å². The summed E-state index contributed by atoms with van der Waals surface area (Å²) in [7, 11) is 0. The summed E-state index contributed by atoms with van der Waals surface area (Å²) in [5, 5.41) is 11.9. The van der Waals surface area contributed by atoms with Gasteiger partial charge >= 0.3 is 0 Å². The molecule has 25 heavy (non-hydrogen) atoms. The molecular weight excluding hydrogens is 307 g/mol. The zero-order chi connectivity index (χ0) is 16.5. The summed E-state index contributed by atoms with van der Waals surface area (Å²) < 4.78 is 13.9. The Bertz CT molecular complexity index is 1440. The molecule has 0 aromatic heterocycles. The molecule has 1 heteroatoms. The molecule has 0 saturated carbocycles. The monoisotopic (exact) mass is 320 g/mol. The molecule has 0 saturated heterocycles. The molecular formula is C24H13F. The maximum atomic E-state index is 13.9. The van der Waals surface area contributed by atoms with E-state index >= 15 is 0 Å². The Balaban J connectivity index is 1.98. The van der Waals surface area contributed by atoms with Crippen LogP contribution >= 0.6 is 0 Å². The van der Waals surface area contributed by atoms with E-state index in [4.69, 9.17) is 0 Å². The van der Waals surface area contributed by atoms with Crippen molar-refractivity contribution in [3.8, 4) is 0 Å². The highest BCUT2D eigenvalue weighted by Crippen LogP contribution is 2.41. The van der Waals surface area contributed by atoms with Crippen molar-refractivity contribution < 1.29 is 4.39 Å². The first-order chi connectivity index (χ1) is 12.3. The predicted molar refractivity (Wildman–Crippen MR) is 105 cm³/mol. The van der Waals surface area contributed by atoms with Gasteiger partial charge < -0.3 is 0 Å². The lowest BCUT2D eigenvalue weighted by Gasteiger charge is -2.15. The fraction of sp³-hybridized carbons (Fsp3) is 0. The van der Waals surface area contributed by atoms with Gasteiger partial charge in [0.1, 0.15) is 5.82 Å². The van der Waals surface area contributed by atoms with Gasteiger partial charge in [0.25, 0.3) is 0 Å². The maximum absolute atomic E-state index is 13.9. The fourth-order valence-corrected chi connectivity index (χ4v) is 4.33. The third-order valence-corrected chi connectivity index (χ3v) is 5.40. The van der Waals surface area contributed by atoms with E-state index in [9.17, 15) is 4.39 Å². The summed E-state index contributed by atoms with van der Waals surface area (Å²) >= 11 is 0. The van der Waals surface area contributed by atoms with Crippen molar-refractivity contribution >= 4 is 53.9 Å². The topological polar surface area (TPSA) is 0 Å². The second kappa shape index (κ2) is 4.46. The van der Waals surface area contributed by atoms with Crippen LogP contribution in [-0.2, 0) is 0 Å². The second-order valence-electron chi connectivity index (χ2n) is 6.76. The van der Waals surface area contributed by atoms with Crippen LogP contribution in [0.15, 0.2) is 78.9 Å². The van der Waals surface area contributed by atoms with Crippen LogP contribution in [0.25, 0.3) is 53.9 Å². The Morgan fingerprint density at radius 1 is 0.440 bits per heavy atom. The van der Waals surface area contributed by atoms with Crippen molar-refractivity contribution in [2.24, 2.45) is 0 Å². The van der Waals surface area contributed by atoms with Crippen LogP contribution in [0, 0.1) is 5.82 Å². The number of halogens is 1. The highest BCUT2D eigenvalue weighted by molar-refractivity contribution is 6.32. The van der Waals surface area contributed by atoms with E-state index < -0.39 is 0 Å². The number of fused-ring (bicyclic) bond motifs is 4. The van der Waals surface area contributed by atoms with Crippen LogP contribution in [-0.4, -0.2) is 0 Å². The largest absolute Gasteiger partial charge is 0.207 e. The van der Waals surface area contributed by atoms with Gasteiger partial charge in [-0.2, -0.15) is 0 Å². The van der Waals surface area contributed by atoms with Gasteiger partial charge in [-0.3, -0.25) is 0 Å². The predicted octanol–water partition coefficient (Wildman–Crippen LogP) is 7.03. The van der Waals surface area contributed by atoms with E-state index in [0.29, 0.717) is 0 Å². The second-order valence-corrected chi connectivity index (χ2v) is 6.76. The van der Waals surface area contributed by atoms with E-state index in [1.54, 1.807) is 6.07 Å². The molecule has 0 aliphatic carbocycles. The zero-order valence-electron chi connectivity index (χ0n) is 13.4. The lowest BCUT2D eigenvalue weighted by Crippen LogP contribution is -1.87. The lowest BCUT2D eigenvalue weighted by atomic mass is 9.89. The molecule has 0 unspecified atom stereocenters. The Labute approximate surface area is 143 Å². The van der Waals surface area contributed by atoms with Gasteiger partial charge in [0, 0.05) is 0 Å². The third kappa shape index (κ3) is 1.65. The normalized spacial score (nSPS) is 12.2. The highest BCUT2D eigenvalue weighted by Gasteiger charge is 2.13. The van der Waals surface area contributed by atoms with Crippen molar-refractivity contribution in [2.45, 2.75) is 0 Å². The highest BCUT2D eigenvalue weighted by atomic mass is 19.1. The summed E-state index contributed by atoms with van der Waals surface area (Å²) in [6.45, 7) is 0. The molecule has 0 N–H and O–H groups in total. The first kappa shape index (κ1) is 13.1. The molecule has 0 fully saturated rings. The zero-order valence-corrected chi connectivity index (χ0v) is 13.4. The number of rotatable bonds is 0.